The van der Waals surface area contributed by atoms with Crippen molar-refractivity contribution in [3.05, 3.63) is 58.0 Å². The minimum Gasteiger partial charge on any atom is -0.506 e. The van der Waals surface area contributed by atoms with E-state index in [0.29, 0.717) is 16.5 Å². The highest BCUT2D eigenvalue weighted by atomic mass is 35.5. The molecule has 1 saturated heterocycles. The van der Waals surface area contributed by atoms with Gasteiger partial charge in [0, 0.05) is 5.02 Å². The number of anilines is 1. The van der Waals surface area contributed by atoms with Crippen molar-refractivity contribution in [2.24, 2.45) is 0 Å². The van der Waals surface area contributed by atoms with E-state index in [1.807, 2.05) is 31.2 Å². The first-order valence-corrected chi connectivity index (χ1v) is 10.2. The lowest BCUT2D eigenvalue weighted by Gasteiger charge is -2.14. The molecule has 0 aliphatic carbocycles. The number of aromatic hydroxyl groups is 1. The fourth-order valence-electron chi connectivity index (χ4n) is 2.56. The van der Waals surface area contributed by atoms with Crippen LogP contribution in [0.4, 0.5) is 5.69 Å². The molecule has 0 unspecified atom stereocenters. The quantitative estimate of drug-likeness (QED) is 0.390. The van der Waals surface area contributed by atoms with Gasteiger partial charge in [-0.3, -0.25) is 14.5 Å². The number of nitrogens with zero attached hydrogens (tertiary/aromatic N) is 1. The van der Waals surface area contributed by atoms with Crippen LogP contribution in [0.5, 0.6) is 11.5 Å². The van der Waals surface area contributed by atoms with Crippen LogP contribution in [0, 0.1) is 0 Å². The summed E-state index contributed by atoms with van der Waals surface area (Å²) >= 11 is 12.3. The minimum atomic E-state index is -0.499. The molecule has 6 nitrogen and oxygen atoms in total. The van der Waals surface area contributed by atoms with Crippen molar-refractivity contribution in [1.29, 1.82) is 0 Å². The van der Waals surface area contributed by atoms with Crippen molar-refractivity contribution in [2.75, 3.05) is 18.5 Å². The van der Waals surface area contributed by atoms with Gasteiger partial charge in [-0.05, 0) is 48.9 Å². The predicted molar refractivity (Wildman–Crippen MR) is 119 cm³/mol. The van der Waals surface area contributed by atoms with Crippen molar-refractivity contribution in [1.82, 2.24) is 4.90 Å². The van der Waals surface area contributed by atoms with Gasteiger partial charge in [-0.15, -0.1) is 0 Å². The Labute approximate surface area is 182 Å². The fraction of sp³-hybridized carbons (Fsp3) is 0.150. The van der Waals surface area contributed by atoms with Crippen molar-refractivity contribution in [3.63, 3.8) is 0 Å². The molecule has 0 spiro atoms. The van der Waals surface area contributed by atoms with E-state index in [1.165, 1.54) is 23.1 Å². The second kappa shape index (κ2) is 9.30. The number of amides is 2. The summed E-state index contributed by atoms with van der Waals surface area (Å²) in [5.74, 6) is -0.220. The van der Waals surface area contributed by atoms with Crippen molar-refractivity contribution in [3.8, 4) is 11.5 Å². The van der Waals surface area contributed by atoms with Gasteiger partial charge in [0.05, 0.1) is 17.2 Å². The highest BCUT2D eigenvalue weighted by Gasteiger charge is 2.33. The highest BCUT2D eigenvalue weighted by molar-refractivity contribution is 8.26. The van der Waals surface area contributed by atoms with Crippen LogP contribution in [-0.2, 0) is 9.59 Å². The third-order valence-corrected chi connectivity index (χ3v) is 5.51. The lowest BCUT2D eigenvalue weighted by atomic mass is 10.2. The minimum absolute atomic E-state index is 0.122. The lowest BCUT2D eigenvalue weighted by Crippen LogP contribution is -2.36. The molecular formula is C20H17ClN2O4S2. The van der Waals surface area contributed by atoms with Crippen LogP contribution in [0.25, 0.3) is 6.08 Å². The summed E-state index contributed by atoms with van der Waals surface area (Å²) in [6.07, 6.45) is 1.72. The number of benzene rings is 2. The zero-order chi connectivity index (χ0) is 21.0. The van der Waals surface area contributed by atoms with E-state index in [1.54, 1.807) is 6.08 Å². The van der Waals surface area contributed by atoms with E-state index in [0.717, 1.165) is 23.1 Å². The number of carbonyl (C=O) groups excluding carboxylic acids is 2. The summed E-state index contributed by atoms with van der Waals surface area (Å²) in [5.41, 5.74) is 0.986. The number of hydrogen-bond donors (Lipinski definition) is 2. The summed E-state index contributed by atoms with van der Waals surface area (Å²) in [5, 5.41) is 12.7. The van der Waals surface area contributed by atoms with Gasteiger partial charge in [-0.25, -0.2) is 0 Å². The molecule has 9 heteroatoms. The SMILES string of the molecule is CCOc1ccc(C=C2SC(=S)N(CC(=O)Nc3cc(Cl)ccc3O)C2=O)cc1. The molecule has 3 rings (SSSR count). The average molecular weight is 449 g/mol. The number of phenolic OH excluding ortho intramolecular Hbond substituents is 1. The van der Waals surface area contributed by atoms with Crippen LogP contribution in [0.1, 0.15) is 12.5 Å². The van der Waals surface area contributed by atoms with Gasteiger partial charge in [0.25, 0.3) is 5.91 Å². The van der Waals surface area contributed by atoms with Gasteiger partial charge in [0.2, 0.25) is 5.91 Å². The van der Waals surface area contributed by atoms with Gasteiger partial charge in [0.15, 0.2) is 0 Å². The van der Waals surface area contributed by atoms with E-state index in [-0.39, 0.29) is 28.2 Å². The first kappa shape index (κ1) is 21.2. The summed E-state index contributed by atoms with van der Waals surface area (Å²) in [4.78, 5) is 26.6. The third kappa shape index (κ3) is 5.29. The second-order valence-electron chi connectivity index (χ2n) is 5.98. The molecule has 1 aliphatic heterocycles. The Bertz CT molecular complexity index is 992. The predicted octanol–water partition coefficient (Wildman–Crippen LogP) is 4.28. The highest BCUT2D eigenvalue weighted by Crippen LogP contribution is 2.33. The van der Waals surface area contributed by atoms with Crippen LogP contribution >= 0.6 is 35.6 Å². The van der Waals surface area contributed by atoms with E-state index < -0.39 is 5.91 Å². The molecule has 29 heavy (non-hydrogen) atoms. The van der Waals surface area contributed by atoms with Crippen LogP contribution in [0.2, 0.25) is 5.02 Å². The maximum atomic E-state index is 12.7. The maximum absolute atomic E-state index is 12.7. The molecule has 1 heterocycles. The number of rotatable bonds is 6. The molecule has 0 bridgehead atoms. The zero-order valence-electron chi connectivity index (χ0n) is 15.3. The standard InChI is InChI=1S/C20H17ClN2O4S2/c1-2-27-14-6-3-12(4-7-14)9-17-19(26)23(20(28)29-17)11-18(25)22-15-10-13(21)5-8-16(15)24/h3-10,24H,2,11H2,1H3,(H,22,25). The summed E-state index contributed by atoms with van der Waals surface area (Å²) in [6.45, 7) is 2.22. The average Bonchev–Trinajstić information content (AvgIpc) is 2.94. The fourth-order valence-corrected chi connectivity index (χ4v) is 3.98. The van der Waals surface area contributed by atoms with E-state index >= 15 is 0 Å². The topological polar surface area (TPSA) is 78.9 Å². The smallest absolute Gasteiger partial charge is 0.266 e. The monoisotopic (exact) mass is 448 g/mol. The third-order valence-electron chi connectivity index (χ3n) is 3.90. The van der Waals surface area contributed by atoms with Gasteiger partial charge in [-0.2, -0.15) is 0 Å². The second-order valence-corrected chi connectivity index (χ2v) is 8.09. The van der Waals surface area contributed by atoms with Crippen molar-refractivity contribution in [2.45, 2.75) is 6.92 Å². The normalized spacial score (nSPS) is 15.1. The summed E-state index contributed by atoms with van der Waals surface area (Å²) in [7, 11) is 0. The summed E-state index contributed by atoms with van der Waals surface area (Å²) in [6, 6.07) is 11.6. The molecule has 150 valence electrons. The Kier molecular flexibility index (Phi) is 6.79. The summed E-state index contributed by atoms with van der Waals surface area (Å²) < 4.78 is 5.69. The zero-order valence-corrected chi connectivity index (χ0v) is 17.7. The molecule has 2 amide bonds. The largest absolute Gasteiger partial charge is 0.506 e. The molecule has 2 aromatic carbocycles. The van der Waals surface area contributed by atoms with Crippen molar-refractivity contribution >= 4 is 63.5 Å². The van der Waals surface area contributed by atoms with Crippen LogP contribution in [-0.4, -0.2) is 39.3 Å². The van der Waals surface area contributed by atoms with Gasteiger partial charge >= 0.3 is 0 Å². The molecule has 0 atom stereocenters. The van der Waals surface area contributed by atoms with Gasteiger partial charge in [-0.1, -0.05) is 47.7 Å². The number of halogens is 1. The Hall–Kier alpha value is -2.55. The maximum Gasteiger partial charge on any atom is 0.266 e. The van der Waals surface area contributed by atoms with Crippen LogP contribution in [0.3, 0.4) is 0 Å². The lowest BCUT2D eigenvalue weighted by molar-refractivity contribution is -0.126. The first-order valence-electron chi connectivity index (χ1n) is 8.64. The Morgan fingerprint density at radius 3 is 2.72 bits per heavy atom. The van der Waals surface area contributed by atoms with Crippen LogP contribution in [0.15, 0.2) is 47.4 Å². The number of carbonyl (C=O) groups is 2. The molecule has 0 saturated carbocycles. The molecule has 2 N–H and O–H groups in total. The van der Waals surface area contributed by atoms with Crippen LogP contribution < -0.4 is 10.1 Å². The Balaban J connectivity index is 1.68. The van der Waals surface area contributed by atoms with Crippen molar-refractivity contribution < 1.29 is 19.4 Å². The number of ether oxygens (including phenoxy) is 1. The van der Waals surface area contributed by atoms with E-state index in [2.05, 4.69) is 5.32 Å². The molecule has 0 radical (unpaired) electrons. The molecular weight excluding hydrogens is 432 g/mol. The van der Waals surface area contributed by atoms with Gasteiger partial charge in [0.1, 0.15) is 22.4 Å². The van der Waals surface area contributed by atoms with E-state index in [9.17, 15) is 14.7 Å². The number of thioether (sulfide) groups is 1. The number of phenols is 1. The molecule has 1 aliphatic rings. The molecule has 2 aromatic rings. The Morgan fingerprint density at radius 2 is 2.03 bits per heavy atom. The van der Waals surface area contributed by atoms with E-state index in [4.69, 9.17) is 28.6 Å². The number of thiocarbonyl (C=S) groups is 1. The molecule has 1 fully saturated rings. The molecule has 0 aromatic heterocycles. The number of nitrogens with one attached hydrogen (secondary N) is 1. The first-order chi connectivity index (χ1) is 13.9. The number of hydrogen-bond acceptors (Lipinski definition) is 6. The Morgan fingerprint density at radius 1 is 1.31 bits per heavy atom. The van der Waals surface area contributed by atoms with Gasteiger partial charge < -0.3 is 15.2 Å².